The van der Waals surface area contributed by atoms with E-state index in [4.69, 9.17) is 4.74 Å². The van der Waals surface area contributed by atoms with Crippen molar-refractivity contribution in [2.24, 2.45) is 0 Å². The molecule has 0 amide bonds. The van der Waals surface area contributed by atoms with Crippen molar-refractivity contribution in [3.05, 3.63) is 29.8 Å². The molecule has 0 radical (unpaired) electrons. The highest BCUT2D eigenvalue weighted by Gasteiger charge is 2.07. The second-order valence-corrected chi connectivity index (χ2v) is 4.89. The molecule has 18 heavy (non-hydrogen) atoms. The Hall–Kier alpha value is -1.02. The van der Waals surface area contributed by atoms with Crippen LogP contribution in [0.1, 0.15) is 44.6 Å². The molecule has 0 aliphatic carbocycles. The summed E-state index contributed by atoms with van der Waals surface area (Å²) >= 11 is 0. The van der Waals surface area contributed by atoms with Crippen LogP contribution in [0.4, 0.5) is 0 Å². The molecule has 0 aromatic heterocycles. The van der Waals surface area contributed by atoms with Gasteiger partial charge in [-0.1, -0.05) is 44.7 Å². The number of likely N-dealkylation sites (N-methyl/N-ethyl adjacent to an activating group) is 1. The Morgan fingerprint density at radius 1 is 1.11 bits per heavy atom. The van der Waals surface area contributed by atoms with Gasteiger partial charge in [-0.2, -0.15) is 0 Å². The SMILES string of the molecule is CCCCCCC(Cc1ccc(OC)cc1)NC. The Morgan fingerprint density at radius 3 is 2.39 bits per heavy atom. The molecular formula is C16H27NO. The average molecular weight is 249 g/mol. The van der Waals surface area contributed by atoms with Crippen LogP contribution in [-0.2, 0) is 6.42 Å². The topological polar surface area (TPSA) is 21.3 Å². The van der Waals surface area contributed by atoms with Gasteiger partial charge in [-0.3, -0.25) is 0 Å². The van der Waals surface area contributed by atoms with Crippen LogP contribution in [-0.4, -0.2) is 20.2 Å². The number of benzene rings is 1. The molecule has 2 heteroatoms. The molecule has 1 unspecified atom stereocenters. The number of hydrogen-bond donors (Lipinski definition) is 1. The van der Waals surface area contributed by atoms with Crippen molar-refractivity contribution in [1.29, 1.82) is 0 Å². The third kappa shape index (κ3) is 5.54. The number of ether oxygens (including phenoxy) is 1. The maximum absolute atomic E-state index is 5.18. The lowest BCUT2D eigenvalue weighted by molar-refractivity contribution is 0.414. The lowest BCUT2D eigenvalue weighted by Crippen LogP contribution is -2.27. The van der Waals surface area contributed by atoms with E-state index in [1.54, 1.807) is 7.11 Å². The summed E-state index contributed by atoms with van der Waals surface area (Å²) in [5.41, 5.74) is 1.38. The summed E-state index contributed by atoms with van der Waals surface area (Å²) in [7, 11) is 3.77. The molecule has 1 N–H and O–H groups in total. The third-order valence-electron chi connectivity index (χ3n) is 3.46. The van der Waals surface area contributed by atoms with E-state index in [9.17, 15) is 0 Å². The molecule has 102 valence electrons. The first-order valence-electron chi connectivity index (χ1n) is 7.10. The fourth-order valence-corrected chi connectivity index (χ4v) is 2.21. The average Bonchev–Trinajstić information content (AvgIpc) is 2.43. The Labute approximate surface area is 112 Å². The van der Waals surface area contributed by atoms with Crippen LogP contribution in [0.2, 0.25) is 0 Å². The van der Waals surface area contributed by atoms with Crippen LogP contribution in [0, 0.1) is 0 Å². The van der Waals surface area contributed by atoms with Crippen molar-refractivity contribution in [3.63, 3.8) is 0 Å². The second-order valence-electron chi connectivity index (χ2n) is 4.89. The van der Waals surface area contributed by atoms with E-state index >= 15 is 0 Å². The van der Waals surface area contributed by atoms with E-state index in [1.807, 2.05) is 12.1 Å². The van der Waals surface area contributed by atoms with E-state index in [2.05, 4.69) is 31.4 Å². The maximum atomic E-state index is 5.18. The first-order chi connectivity index (χ1) is 8.80. The first-order valence-corrected chi connectivity index (χ1v) is 7.10. The lowest BCUT2D eigenvalue weighted by Gasteiger charge is -2.16. The predicted octanol–water partition coefficient (Wildman–Crippen LogP) is 3.80. The minimum Gasteiger partial charge on any atom is -0.497 e. The highest BCUT2D eigenvalue weighted by Crippen LogP contribution is 2.14. The zero-order valence-corrected chi connectivity index (χ0v) is 12.0. The van der Waals surface area contributed by atoms with Crippen molar-refractivity contribution in [3.8, 4) is 5.75 Å². The highest BCUT2D eigenvalue weighted by atomic mass is 16.5. The quantitative estimate of drug-likeness (QED) is 0.672. The van der Waals surface area contributed by atoms with E-state index in [0.29, 0.717) is 6.04 Å². The Kier molecular flexibility index (Phi) is 7.51. The van der Waals surface area contributed by atoms with Crippen molar-refractivity contribution in [2.45, 2.75) is 51.5 Å². The van der Waals surface area contributed by atoms with Gasteiger partial charge in [0.25, 0.3) is 0 Å². The van der Waals surface area contributed by atoms with E-state index < -0.39 is 0 Å². The van der Waals surface area contributed by atoms with Crippen LogP contribution >= 0.6 is 0 Å². The fourth-order valence-electron chi connectivity index (χ4n) is 2.21. The zero-order chi connectivity index (χ0) is 13.2. The van der Waals surface area contributed by atoms with Crippen molar-refractivity contribution >= 4 is 0 Å². The number of rotatable bonds is 9. The summed E-state index contributed by atoms with van der Waals surface area (Å²) < 4.78 is 5.18. The summed E-state index contributed by atoms with van der Waals surface area (Å²) in [4.78, 5) is 0. The van der Waals surface area contributed by atoms with Gasteiger partial charge in [-0.25, -0.2) is 0 Å². The monoisotopic (exact) mass is 249 g/mol. The smallest absolute Gasteiger partial charge is 0.118 e. The van der Waals surface area contributed by atoms with Crippen LogP contribution < -0.4 is 10.1 Å². The molecule has 0 bridgehead atoms. The molecule has 0 aliphatic heterocycles. The van der Waals surface area contributed by atoms with Crippen molar-refractivity contribution in [1.82, 2.24) is 5.32 Å². The standard InChI is InChI=1S/C16H27NO/c1-4-5-6-7-8-15(17-2)13-14-9-11-16(18-3)12-10-14/h9-12,15,17H,4-8,13H2,1-3H3. The van der Waals surface area contributed by atoms with Gasteiger partial charge in [0.2, 0.25) is 0 Å². The van der Waals surface area contributed by atoms with Crippen molar-refractivity contribution < 1.29 is 4.74 Å². The molecular weight excluding hydrogens is 222 g/mol. The van der Waals surface area contributed by atoms with E-state index in [0.717, 1.165) is 12.2 Å². The van der Waals surface area contributed by atoms with Crippen LogP contribution in [0.15, 0.2) is 24.3 Å². The van der Waals surface area contributed by atoms with Crippen LogP contribution in [0.5, 0.6) is 5.75 Å². The molecule has 1 atom stereocenters. The molecule has 1 aromatic rings. The van der Waals surface area contributed by atoms with Gasteiger partial charge in [0, 0.05) is 6.04 Å². The van der Waals surface area contributed by atoms with Crippen molar-refractivity contribution in [2.75, 3.05) is 14.2 Å². The molecule has 2 nitrogen and oxygen atoms in total. The summed E-state index contributed by atoms with van der Waals surface area (Å²) in [6, 6.07) is 9.00. The van der Waals surface area contributed by atoms with Gasteiger partial charge >= 0.3 is 0 Å². The van der Waals surface area contributed by atoms with Gasteiger partial charge in [0.15, 0.2) is 0 Å². The van der Waals surface area contributed by atoms with E-state index in [1.165, 1.54) is 37.7 Å². The van der Waals surface area contributed by atoms with E-state index in [-0.39, 0.29) is 0 Å². The summed E-state index contributed by atoms with van der Waals surface area (Å²) in [5, 5.41) is 3.42. The number of methoxy groups -OCH3 is 1. The molecule has 1 rings (SSSR count). The van der Waals surface area contributed by atoms with Crippen LogP contribution in [0.25, 0.3) is 0 Å². The van der Waals surface area contributed by atoms with Gasteiger partial charge in [-0.15, -0.1) is 0 Å². The minimum absolute atomic E-state index is 0.593. The first kappa shape index (κ1) is 15.0. The molecule has 0 aliphatic rings. The zero-order valence-electron chi connectivity index (χ0n) is 12.0. The molecule has 0 saturated carbocycles. The Bertz CT molecular complexity index is 307. The highest BCUT2D eigenvalue weighted by molar-refractivity contribution is 5.27. The van der Waals surface area contributed by atoms with Gasteiger partial charge in [-0.05, 0) is 37.6 Å². The number of hydrogen-bond acceptors (Lipinski definition) is 2. The number of unbranched alkanes of at least 4 members (excludes halogenated alkanes) is 3. The Morgan fingerprint density at radius 2 is 1.83 bits per heavy atom. The second kappa shape index (κ2) is 8.98. The molecule has 0 fully saturated rings. The molecule has 0 spiro atoms. The summed E-state index contributed by atoms with van der Waals surface area (Å²) in [6.45, 7) is 2.26. The fraction of sp³-hybridized carbons (Fsp3) is 0.625. The third-order valence-corrected chi connectivity index (χ3v) is 3.46. The molecule has 0 saturated heterocycles. The largest absolute Gasteiger partial charge is 0.497 e. The lowest BCUT2D eigenvalue weighted by atomic mass is 10.00. The summed E-state index contributed by atoms with van der Waals surface area (Å²) in [6.07, 6.45) is 7.73. The predicted molar refractivity (Wildman–Crippen MR) is 78.3 cm³/mol. The minimum atomic E-state index is 0.593. The van der Waals surface area contributed by atoms with Gasteiger partial charge in [0.05, 0.1) is 7.11 Å². The molecule has 1 aromatic carbocycles. The normalized spacial score (nSPS) is 12.4. The van der Waals surface area contributed by atoms with Crippen LogP contribution in [0.3, 0.4) is 0 Å². The number of nitrogens with one attached hydrogen (secondary N) is 1. The Balaban J connectivity index is 2.36. The molecule has 0 heterocycles. The van der Waals surface area contributed by atoms with Gasteiger partial charge in [0.1, 0.15) is 5.75 Å². The van der Waals surface area contributed by atoms with Gasteiger partial charge < -0.3 is 10.1 Å². The maximum Gasteiger partial charge on any atom is 0.118 e. The summed E-state index contributed by atoms with van der Waals surface area (Å²) in [5.74, 6) is 0.933.